The average Bonchev–Trinajstić information content (AvgIpc) is 2.76. The maximum Gasteiger partial charge on any atom is 0.343 e. The van der Waals surface area contributed by atoms with E-state index in [1.165, 1.54) is 24.4 Å². The van der Waals surface area contributed by atoms with Crippen molar-refractivity contribution in [2.75, 3.05) is 6.61 Å². The van der Waals surface area contributed by atoms with Crippen LogP contribution >= 0.6 is 43.5 Å². The van der Waals surface area contributed by atoms with Crippen LogP contribution in [0.2, 0.25) is 5.02 Å². The number of hydrazone groups is 1. The molecule has 0 fully saturated rings. The van der Waals surface area contributed by atoms with Gasteiger partial charge in [-0.15, -0.1) is 0 Å². The van der Waals surface area contributed by atoms with E-state index in [0.717, 1.165) is 11.6 Å². The number of nitrogens with one attached hydrogen (secondary N) is 1. The van der Waals surface area contributed by atoms with Crippen molar-refractivity contribution >= 4 is 61.6 Å². The van der Waals surface area contributed by atoms with Gasteiger partial charge in [0.1, 0.15) is 11.6 Å². The van der Waals surface area contributed by atoms with Crippen LogP contribution < -0.4 is 14.9 Å². The van der Waals surface area contributed by atoms with Crippen LogP contribution in [0.15, 0.2) is 68.6 Å². The molecule has 0 bridgehead atoms. The molecular weight excluding hydrogens is 583 g/mol. The summed E-state index contributed by atoms with van der Waals surface area (Å²) in [6, 6.07) is 13.5. The molecule has 0 aliphatic rings. The van der Waals surface area contributed by atoms with Crippen molar-refractivity contribution in [3.05, 3.63) is 91.1 Å². The standard InChI is InChI=1S/C23H16Br2ClFN2O4/c1-13-7-18(5-6-20(13)26)32-12-21(30)29-28-11-15-8-16(24)10-19(25)22(15)33-23(31)14-3-2-4-17(27)9-14/h2-11H,12H2,1H3,(H,29,30). The number of carbonyl (C=O) groups is 2. The fourth-order valence-electron chi connectivity index (χ4n) is 2.61. The molecule has 0 radical (unpaired) electrons. The van der Waals surface area contributed by atoms with Gasteiger partial charge in [-0.1, -0.05) is 33.6 Å². The first-order valence-corrected chi connectivity index (χ1v) is 11.4. The third kappa shape index (κ3) is 7.12. The predicted octanol–water partition coefficient (Wildman–Crippen LogP) is 6.06. The molecule has 3 aromatic rings. The summed E-state index contributed by atoms with van der Waals surface area (Å²) < 4.78 is 25.4. The Morgan fingerprint density at radius 3 is 2.67 bits per heavy atom. The highest BCUT2D eigenvalue weighted by atomic mass is 79.9. The Morgan fingerprint density at radius 1 is 1.15 bits per heavy atom. The van der Waals surface area contributed by atoms with Crippen LogP contribution in [0.4, 0.5) is 4.39 Å². The molecule has 0 spiro atoms. The van der Waals surface area contributed by atoms with Crippen molar-refractivity contribution in [3.8, 4) is 11.5 Å². The molecule has 6 nitrogen and oxygen atoms in total. The van der Waals surface area contributed by atoms with Crippen LogP contribution in [0.25, 0.3) is 0 Å². The summed E-state index contributed by atoms with van der Waals surface area (Å²) in [5.74, 6) is -1.15. The number of hydrogen-bond donors (Lipinski definition) is 1. The van der Waals surface area contributed by atoms with Gasteiger partial charge in [-0.05, 0) is 76.9 Å². The summed E-state index contributed by atoms with van der Waals surface area (Å²) in [6.45, 7) is 1.57. The quantitative estimate of drug-likeness (QED) is 0.155. The van der Waals surface area contributed by atoms with Crippen molar-refractivity contribution in [2.24, 2.45) is 5.10 Å². The Hall–Kier alpha value is -2.75. The van der Waals surface area contributed by atoms with Gasteiger partial charge < -0.3 is 9.47 Å². The second-order valence-corrected chi connectivity index (χ2v) is 8.88. The third-order valence-corrected chi connectivity index (χ3v) is 5.66. The minimum absolute atomic E-state index is 0.0515. The number of halogens is 4. The molecule has 0 aromatic heterocycles. The number of nitrogens with zero attached hydrogens (tertiary/aromatic N) is 1. The lowest BCUT2D eigenvalue weighted by Gasteiger charge is -2.11. The Balaban J connectivity index is 1.67. The molecule has 170 valence electrons. The average molecular weight is 599 g/mol. The number of aryl methyl sites for hydroxylation is 1. The maximum atomic E-state index is 13.4. The largest absolute Gasteiger partial charge is 0.484 e. The maximum absolute atomic E-state index is 13.4. The third-order valence-electron chi connectivity index (χ3n) is 4.18. The van der Waals surface area contributed by atoms with E-state index in [1.807, 2.05) is 6.92 Å². The number of ether oxygens (including phenoxy) is 2. The fraction of sp³-hybridized carbons (Fsp3) is 0.0870. The van der Waals surface area contributed by atoms with Crippen LogP contribution in [0.1, 0.15) is 21.5 Å². The highest BCUT2D eigenvalue weighted by molar-refractivity contribution is 9.11. The van der Waals surface area contributed by atoms with Gasteiger partial charge in [0.15, 0.2) is 12.4 Å². The number of carbonyl (C=O) groups excluding carboxylic acids is 2. The van der Waals surface area contributed by atoms with Crippen LogP contribution in [0.3, 0.4) is 0 Å². The first kappa shape index (κ1) is 24.9. The number of rotatable bonds is 7. The summed E-state index contributed by atoms with van der Waals surface area (Å²) in [7, 11) is 0. The molecule has 10 heteroatoms. The van der Waals surface area contributed by atoms with Crippen LogP contribution in [0.5, 0.6) is 11.5 Å². The highest BCUT2D eigenvalue weighted by Crippen LogP contribution is 2.32. The Kier molecular flexibility index (Phi) is 8.60. The number of esters is 1. The first-order valence-electron chi connectivity index (χ1n) is 9.40. The van der Waals surface area contributed by atoms with Crippen LogP contribution in [-0.2, 0) is 4.79 Å². The van der Waals surface area contributed by atoms with Gasteiger partial charge in [0.2, 0.25) is 0 Å². The van der Waals surface area contributed by atoms with Crippen molar-refractivity contribution in [2.45, 2.75) is 6.92 Å². The summed E-state index contributed by atoms with van der Waals surface area (Å²) in [6.07, 6.45) is 1.31. The number of hydrogen-bond acceptors (Lipinski definition) is 5. The summed E-state index contributed by atoms with van der Waals surface area (Å²) >= 11 is 12.7. The van der Waals surface area contributed by atoms with E-state index in [9.17, 15) is 14.0 Å². The van der Waals surface area contributed by atoms with Gasteiger partial charge in [0.25, 0.3) is 5.91 Å². The smallest absolute Gasteiger partial charge is 0.343 e. The molecule has 0 unspecified atom stereocenters. The van der Waals surface area contributed by atoms with Crippen molar-refractivity contribution in [3.63, 3.8) is 0 Å². The molecule has 0 aliphatic carbocycles. The van der Waals surface area contributed by atoms with Crippen LogP contribution in [0, 0.1) is 12.7 Å². The van der Waals surface area contributed by atoms with E-state index >= 15 is 0 Å². The van der Waals surface area contributed by atoms with E-state index in [2.05, 4.69) is 42.4 Å². The second-order valence-electron chi connectivity index (χ2n) is 6.70. The lowest BCUT2D eigenvalue weighted by Crippen LogP contribution is -2.24. The molecule has 0 saturated carbocycles. The predicted molar refractivity (Wildman–Crippen MR) is 131 cm³/mol. The van der Waals surface area contributed by atoms with E-state index in [1.54, 1.807) is 30.3 Å². The van der Waals surface area contributed by atoms with E-state index in [4.69, 9.17) is 21.1 Å². The van der Waals surface area contributed by atoms with Gasteiger partial charge >= 0.3 is 5.97 Å². The molecule has 0 atom stereocenters. The Labute approximate surface area is 211 Å². The van der Waals surface area contributed by atoms with Gasteiger partial charge in [-0.25, -0.2) is 14.6 Å². The second kappa shape index (κ2) is 11.4. The number of amides is 1. The first-order chi connectivity index (χ1) is 15.7. The molecule has 3 rings (SSSR count). The molecule has 33 heavy (non-hydrogen) atoms. The van der Waals surface area contributed by atoms with Crippen molar-refractivity contribution in [1.82, 2.24) is 5.43 Å². The summed E-state index contributed by atoms with van der Waals surface area (Å²) in [5, 5.41) is 4.51. The molecular formula is C23H16Br2ClFN2O4. The van der Waals surface area contributed by atoms with Crippen molar-refractivity contribution < 1.29 is 23.5 Å². The van der Waals surface area contributed by atoms with Gasteiger partial charge in [0, 0.05) is 15.1 Å². The van der Waals surface area contributed by atoms with E-state index in [-0.39, 0.29) is 17.9 Å². The molecule has 1 N–H and O–H groups in total. The highest BCUT2D eigenvalue weighted by Gasteiger charge is 2.16. The summed E-state index contributed by atoms with van der Waals surface area (Å²) in [4.78, 5) is 24.5. The number of benzene rings is 3. The van der Waals surface area contributed by atoms with E-state index in [0.29, 0.717) is 25.3 Å². The normalized spacial score (nSPS) is 10.8. The van der Waals surface area contributed by atoms with Gasteiger partial charge in [0.05, 0.1) is 16.3 Å². The Morgan fingerprint density at radius 2 is 1.94 bits per heavy atom. The zero-order valence-electron chi connectivity index (χ0n) is 17.1. The summed E-state index contributed by atoms with van der Waals surface area (Å²) in [5.41, 5.74) is 3.61. The molecule has 1 amide bonds. The molecule has 0 saturated heterocycles. The van der Waals surface area contributed by atoms with Gasteiger partial charge in [-0.2, -0.15) is 5.10 Å². The zero-order valence-corrected chi connectivity index (χ0v) is 21.0. The minimum atomic E-state index is -0.747. The monoisotopic (exact) mass is 596 g/mol. The SMILES string of the molecule is Cc1cc(OCC(=O)NN=Cc2cc(Br)cc(Br)c2OC(=O)c2cccc(F)c2)ccc1Cl. The topological polar surface area (TPSA) is 77.0 Å². The van der Waals surface area contributed by atoms with Gasteiger partial charge in [-0.3, -0.25) is 4.79 Å². The molecule has 0 aliphatic heterocycles. The van der Waals surface area contributed by atoms with E-state index < -0.39 is 17.7 Å². The zero-order chi connectivity index (χ0) is 24.0. The minimum Gasteiger partial charge on any atom is -0.484 e. The van der Waals surface area contributed by atoms with Crippen molar-refractivity contribution in [1.29, 1.82) is 0 Å². The molecule has 3 aromatic carbocycles. The Bertz CT molecular complexity index is 1240. The lowest BCUT2D eigenvalue weighted by atomic mass is 10.2. The fourth-order valence-corrected chi connectivity index (χ4v) is 4.07. The molecule has 0 heterocycles. The lowest BCUT2D eigenvalue weighted by molar-refractivity contribution is -0.123. The van der Waals surface area contributed by atoms with Crippen LogP contribution in [-0.4, -0.2) is 24.7 Å².